The van der Waals surface area contributed by atoms with Crippen molar-refractivity contribution in [3.05, 3.63) is 24.3 Å². The smallest absolute Gasteiger partial charge is 0.149 e. The predicted molar refractivity (Wildman–Crippen MR) is 201 cm³/mol. The molecule has 2 atom stereocenters. The van der Waals surface area contributed by atoms with E-state index in [-0.39, 0.29) is 0 Å². The Kier molecular flexibility index (Phi) is 40.1. The maximum Gasteiger partial charge on any atom is 0.149 e. The molecule has 5 heteroatoms. The van der Waals surface area contributed by atoms with Crippen molar-refractivity contribution in [2.45, 2.75) is 181 Å². The van der Waals surface area contributed by atoms with Gasteiger partial charge in [-0.15, -0.1) is 23.2 Å². The number of hydrogen-bond donors (Lipinski definition) is 0. The van der Waals surface area contributed by atoms with Crippen LogP contribution in [0.4, 0.5) is 0 Å². The van der Waals surface area contributed by atoms with Gasteiger partial charge in [0.15, 0.2) is 0 Å². The monoisotopic (exact) mass is 675 g/mol. The molecule has 0 aliphatic heterocycles. The molecule has 268 valence electrons. The van der Waals surface area contributed by atoms with Crippen molar-refractivity contribution in [1.29, 1.82) is 0 Å². The van der Waals surface area contributed by atoms with Crippen LogP contribution in [0.2, 0.25) is 0 Å². The second kappa shape index (κ2) is 40.1. The van der Waals surface area contributed by atoms with Crippen LogP contribution in [0, 0.1) is 11.8 Å². The summed E-state index contributed by atoms with van der Waals surface area (Å²) < 4.78 is 17.3. The number of halogens is 2. The minimum Gasteiger partial charge on any atom is -0.355 e. The highest BCUT2D eigenvalue weighted by molar-refractivity contribution is 6.18. The zero-order chi connectivity index (χ0) is 32.7. The molecule has 0 spiro atoms. The molecule has 0 saturated carbocycles. The van der Waals surface area contributed by atoms with E-state index >= 15 is 0 Å². The molecule has 0 N–H and O–H groups in total. The first-order chi connectivity index (χ1) is 22.3. The lowest BCUT2D eigenvalue weighted by molar-refractivity contribution is -0.133. The van der Waals surface area contributed by atoms with E-state index in [1.807, 2.05) is 0 Å². The zero-order valence-electron chi connectivity index (χ0n) is 30.1. The molecule has 0 saturated heterocycles. The number of allylic oxidation sites excluding steroid dienone is 4. The third-order valence-corrected chi connectivity index (χ3v) is 9.32. The number of ether oxygens (including phenoxy) is 3. The molecular weight excluding hydrogens is 599 g/mol. The Bertz CT molecular complexity index is 548. The first kappa shape index (κ1) is 44.9. The first-order valence-corrected chi connectivity index (χ1v) is 20.5. The summed E-state index contributed by atoms with van der Waals surface area (Å²) in [5.41, 5.74) is 0. The molecule has 0 aliphatic carbocycles. The zero-order valence-corrected chi connectivity index (χ0v) is 31.6. The molecule has 0 rings (SSSR count). The minimum absolute atomic E-state index is 0.322. The van der Waals surface area contributed by atoms with E-state index in [1.165, 1.54) is 141 Å². The van der Waals surface area contributed by atoms with Crippen LogP contribution in [0.25, 0.3) is 0 Å². The van der Waals surface area contributed by atoms with Crippen molar-refractivity contribution in [1.82, 2.24) is 0 Å². The van der Waals surface area contributed by atoms with Gasteiger partial charge in [-0.25, -0.2) is 0 Å². The van der Waals surface area contributed by atoms with Crippen molar-refractivity contribution in [3.8, 4) is 0 Å². The maximum atomic E-state index is 5.84. The standard InChI is InChI=1S/C40H76Cl2O3/c1-3-5-7-21-27-39(29-23-17-13-9-11-15-19-25-33-41)31-35-43-37-45-38-44-36-32-40(28-22-8-6-4-2)30-24-18-14-10-12-16-20-26-34-42/h23-24,29-30,39-40H,3-22,25-28,31-38H2,1-2H3. The summed E-state index contributed by atoms with van der Waals surface area (Å²) in [6, 6.07) is 0. The van der Waals surface area contributed by atoms with Gasteiger partial charge in [0.2, 0.25) is 0 Å². The minimum atomic E-state index is 0.322. The van der Waals surface area contributed by atoms with E-state index in [9.17, 15) is 0 Å². The predicted octanol–water partition coefficient (Wildman–Crippen LogP) is 14.0. The van der Waals surface area contributed by atoms with Crippen molar-refractivity contribution in [2.24, 2.45) is 11.8 Å². The van der Waals surface area contributed by atoms with E-state index in [1.54, 1.807) is 0 Å². The molecule has 0 bridgehead atoms. The van der Waals surface area contributed by atoms with Crippen molar-refractivity contribution in [2.75, 3.05) is 38.6 Å². The molecule has 45 heavy (non-hydrogen) atoms. The fourth-order valence-corrected chi connectivity index (χ4v) is 6.16. The normalized spacial score (nSPS) is 13.4. The summed E-state index contributed by atoms with van der Waals surface area (Å²) >= 11 is 11.5. The molecule has 3 nitrogen and oxygen atoms in total. The second-order valence-electron chi connectivity index (χ2n) is 13.1. The largest absolute Gasteiger partial charge is 0.355 e. The van der Waals surface area contributed by atoms with Gasteiger partial charge in [0, 0.05) is 25.0 Å². The summed E-state index contributed by atoms with van der Waals surface area (Å²) in [6.07, 6.45) is 43.0. The second-order valence-corrected chi connectivity index (χ2v) is 13.9. The molecule has 2 unspecified atom stereocenters. The van der Waals surface area contributed by atoms with Gasteiger partial charge in [-0.2, -0.15) is 0 Å². The molecule has 0 aliphatic rings. The van der Waals surface area contributed by atoms with Crippen LogP contribution in [0.1, 0.15) is 181 Å². The Morgan fingerprint density at radius 3 is 1.20 bits per heavy atom. The van der Waals surface area contributed by atoms with Crippen LogP contribution < -0.4 is 0 Å². The van der Waals surface area contributed by atoms with Crippen LogP contribution in [0.3, 0.4) is 0 Å². The number of unbranched alkanes of at least 4 members (excludes halogenated alkanes) is 18. The lowest BCUT2D eigenvalue weighted by Crippen LogP contribution is -2.10. The molecular formula is C40H76Cl2O3. The summed E-state index contributed by atoms with van der Waals surface area (Å²) in [7, 11) is 0. The molecule has 0 fully saturated rings. The number of rotatable bonds is 38. The first-order valence-electron chi connectivity index (χ1n) is 19.5. The highest BCUT2D eigenvalue weighted by Gasteiger charge is 2.07. The van der Waals surface area contributed by atoms with Crippen LogP contribution in [0.5, 0.6) is 0 Å². The average Bonchev–Trinajstić information content (AvgIpc) is 3.05. The Hall–Kier alpha value is -0.0600. The Morgan fingerprint density at radius 2 is 0.800 bits per heavy atom. The van der Waals surface area contributed by atoms with Crippen molar-refractivity contribution >= 4 is 23.2 Å². The Morgan fingerprint density at radius 1 is 0.422 bits per heavy atom. The molecule has 0 radical (unpaired) electrons. The number of alkyl halides is 2. The third-order valence-electron chi connectivity index (χ3n) is 8.78. The quantitative estimate of drug-likeness (QED) is 0.0282. The van der Waals surface area contributed by atoms with Gasteiger partial charge >= 0.3 is 0 Å². The lowest BCUT2D eigenvalue weighted by Gasteiger charge is -2.14. The number of hydrogen-bond acceptors (Lipinski definition) is 3. The topological polar surface area (TPSA) is 27.7 Å². The van der Waals surface area contributed by atoms with Crippen LogP contribution >= 0.6 is 23.2 Å². The Balaban J connectivity index is 4.12. The van der Waals surface area contributed by atoms with Crippen LogP contribution in [-0.2, 0) is 14.2 Å². The van der Waals surface area contributed by atoms with Crippen molar-refractivity contribution < 1.29 is 14.2 Å². The molecule has 0 amide bonds. The van der Waals surface area contributed by atoms with Crippen LogP contribution in [0.15, 0.2) is 24.3 Å². The van der Waals surface area contributed by atoms with Gasteiger partial charge in [0.1, 0.15) is 13.6 Å². The highest BCUT2D eigenvalue weighted by Crippen LogP contribution is 2.19. The third kappa shape index (κ3) is 36.6. The van der Waals surface area contributed by atoms with Crippen LogP contribution in [-0.4, -0.2) is 38.6 Å². The van der Waals surface area contributed by atoms with E-state index in [2.05, 4.69) is 38.2 Å². The molecule has 0 heterocycles. The fourth-order valence-electron chi connectivity index (χ4n) is 5.78. The Labute approximate surface area is 292 Å². The van der Waals surface area contributed by atoms with E-state index < -0.39 is 0 Å². The van der Waals surface area contributed by atoms with E-state index in [0.29, 0.717) is 25.4 Å². The maximum absolute atomic E-state index is 5.84. The van der Waals surface area contributed by atoms with Crippen molar-refractivity contribution in [3.63, 3.8) is 0 Å². The molecule has 0 aromatic carbocycles. The SMILES string of the molecule is CCCCCCC(C=CCCCCCCCCCl)CCOCOCOCCC(C=CCCCCCCCCCl)CCCCCC. The average molecular weight is 676 g/mol. The van der Waals surface area contributed by atoms with Gasteiger partial charge in [0.05, 0.1) is 0 Å². The van der Waals surface area contributed by atoms with E-state index in [4.69, 9.17) is 37.4 Å². The summed E-state index contributed by atoms with van der Waals surface area (Å²) in [5.74, 6) is 2.85. The molecule has 0 aromatic heterocycles. The summed E-state index contributed by atoms with van der Waals surface area (Å²) in [5, 5.41) is 0. The van der Waals surface area contributed by atoms with Gasteiger partial charge in [-0.05, 0) is 76.0 Å². The highest BCUT2D eigenvalue weighted by atomic mass is 35.5. The van der Waals surface area contributed by atoms with Gasteiger partial charge < -0.3 is 14.2 Å². The summed E-state index contributed by atoms with van der Waals surface area (Å²) in [6.45, 7) is 6.71. The molecule has 0 aromatic rings. The lowest BCUT2D eigenvalue weighted by atomic mass is 9.96. The van der Waals surface area contributed by atoms with Gasteiger partial charge in [0.25, 0.3) is 0 Å². The summed E-state index contributed by atoms with van der Waals surface area (Å²) in [4.78, 5) is 0. The van der Waals surface area contributed by atoms with Gasteiger partial charge in [-0.3, -0.25) is 0 Å². The van der Waals surface area contributed by atoms with E-state index in [0.717, 1.165) is 50.7 Å². The fraction of sp³-hybridized carbons (Fsp3) is 0.900. The van der Waals surface area contributed by atoms with Gasteiger partial charge in [-0.1, -0.05) is 141 Å².